The van der Waals surface area contributed by atoms with E-state index in [0.29, 0.717) is 11.3 Å². The number of benzene rings is 2. The summed E-state index contributed by atoms with van der Waals surface area (Å²) in [7, 11) is 1.56. The first kappa shape index (κ1) is 10.5. The van der Waals surface area contributed by atoms with Gasteiger partial charge in [0.2, 0.25) is 0 Å². The molecule has 0 aliphatic carbocycles. The lowest BCUT2D eigenvalue weighted by Crippen LogP contribution is -1.85. The Labute approximate surface area is 92.9 Å². The van der Waals surface area contributed by atoms with Gasteiger partial charge in [0.1, 0.15) is 17.3 Å². The van der Waals surface area contributed by atoms with E-state index in [1.165, 1.54) is 12.1 Å². The lowest BCUT2D eigenvalue weighted by atomic mass is 10.0. The molecule has 16 heavy (non-hydrogen) atoms. The fraction of sp³-hybridized carbons (Fsp3) is 0.0769. The zero-order valence-corrected chi connectivity index (χ0v) is 8.77. The summed E-state index contributed by atoms with van der Waals surface area (Å²) in [5.74, 6) is 0.496. The second kappa shape index (κ2) is 4.23. The third-order valence-electron chi connectivity index (χ3n) is 2.36. The van der Waals surface area contributed by atoms with Gasteiger partial charge in [-0.1, -0.05) is 12.1 Å². The van der Waals surface area contributed by atoms with Gasteiger partial charge in [0.25, 0.3) is 0 Å². The monoisotopic (exact) mass is 218 g/mol. The highest BCUT2D eigenvalue weighted by Gasteiger charge is 2.05. The highest BCUT2D eigenvalue weighted by atomic mass is 19.1. The van der Waals surface area contributed by atoms with Crippen molar-refractivity contribution in [2.45, 2.75) is 0 Å². The SMILES string of the molecule is COc1ccc(O)c(-c2ccc(F)cc2)c1. The first-order valence-corrected chi connectivity index (χ1v) is 4.83. The van der Waals surface area contributed by atoms with Gasteiger partial charge < -0.3 is 9.84 Å². The molecule has 0 saturated carbocycles. The van der Waals surface area contributed by atoms with Gasteiger partial charge in [-0.25, -0.2) is 4.39 Å². The Bertz CT molecular complexity index is 492. The summed E-state index contributed by atoms with van der Waals surface area (Å²) in [6, 6.07) is 10.9. The third kappa shape index (κ3) is 1.98. The number of phenolic OH excluding ortho intramolecular Hbond substituents is 1. The zero-order chi connectivity index (χ0) is 11.5. The fourth-order valence-corrected chi connectivity index (χ4v) is 1.50. The molecule has 2 aromatic rings. The van der Waals surface area contributed by atoms with Crippen LogP contribution in [0.4, 0.5) is 4.39 Å². The summed E-state index contributed by atoms with van der Waals surface area (Å²) < 4.78 is 17.8. The molecule has 2 rings (SSSR count). The summed E-state index contributed by atoms with van der Waals surface area (Å²) in [5.41, 5.74) is 1.37. The maximum atomic E-state index is 12.8. The smallest absolute Gasteiger partial charge is 0.123 e. The van der Waals surface area contributed by atoms with Crippen LogP contribution in [-0.4, -0.2) is 12.2 Å². The number of hydrogen-bond acceptors (Lipinski definition) is 2. The number of hydrogen-bond donors (Lipinski definition) is 1. The molecule has 0 atom stereocenters. The van der Waals surface area contributed by atoms with Crippen LogP contribution in [0.1, 0.15) is 0 Å². The van der Waals surface area contributed by atoms with E-state index < -0.39 is 0 Å². The normalized spacial score (nSPS) is 10.1. The highest BCUT2D eigenvalue weighted by Crippen LogP contribution is 2.32. The van der Waals surface area contributed by atoms with Crippen molar-refractivity contribution in [2.75, 3.05) is 7.11 Å². The number of methoxy groups -OCH3 is 1. The minimum atomic E-state index is -0.300. The molecular formula is C13H11FO2. The molecule has 0 amide bonds. The van der Waals surface area contributed by atoms with Crippen molar-refractivity contribution in [3.8, 4) is 22.6 Å². The number of halogens is 1. The van der Waals surface area contributed by atoms with E-state index in [-0.39, 0.29) is 11.6 Å². The summed E-state index contributed by atoms with van der Waals surface area (Å²) in [5, 5.41) is 9.70. The molecule has 1 N–H and O–H groups in total. The molecule has 0 heterocycles. The average molecular weight is 218 g/mol. The maximum absolute atomic E-state index is 12.8. The molecule has 2 nitrogen and oxygen atoms in total. The quantitative estimate of drug-likeness (QED) is 0.838. The van der Waals surface area contributed by atoms with Crippen molar-refractivity contribution < 1.29 is 14.2 Å². The van der Waals surface area contributed by atoms with E-state index in [1.807, 2.05) is 0 Å². The van der Waals surface area contributed by atoms with Crippen molar-refractivity contribution in [2.24, 2.45) is 0 Å². The molecule has 0 aromatic heterocycles. The van der Waals surface area contributed by atoms with Crippen LogP contribution in [0.25, 0.3) is 11.1 Å². The molecule has 0 aliphatic rings. The van der Waals surface area contributed by atoms with Gasteiger partial charge in [0, 0.05) is 5.56 Å². The van der Waals surface area contributed by atoms with Crippen LogP contribution in [-0.2, 0) is 0 Å². The molecular weight excluding hydrogens is 207 g/mol. The van der Waals surface area contributed by atoms with Gasteiger partial charge in [-0.2, -0.15) is 0 Å². The van der Waals surface area contributed by atoms with Crippen LogP contribution in [0.15, 0.2) is 42.5 Å². The van der Waals surface area contributed by atoms with Crippen LogP contribution in [0.5, 0.6) is 11.5 Å². The maximum Gasteiger partial charge on any atom is 0.123 e. The van der Waals surface area contributed by atoms with Crippen molar-refractivity contribution in [3.63, 3.8) is 0 Å². The zero-order valence-electron chi connectivity index (χ0n) is 8.77. The van der Waals surface area contributed by atoms with Crippen molar-refractivity contribution in [1.82, 2.24) is 0 Å². The number of phenols is 1. The molecule has 0 bridgehead atoms. The van der Waals surface area contributed by atoms with Gasteiger partial charge in [0.15, 0.2) is 0 Å². The summed E-state index contributed by atoms with van der Waals surface area (Å²) in [4.78, 5) is 0. The Kier molecular flexibility index (Phi) is 2.77. The number of rotatable bonds is 2. The van der Waals surface area contributed by atoms with E-state index in [1.54, 1.807) is 37.4 Å². The summed E-state index contributed by atoms with van der Waals surface area (Å²) >= 11 is 0. The van der Waals surface area contributed by atoms with E-state index in [9.17, 15) is 9.50 Å². The Balaban J connectivity index is 2.50. The molecule has 3 heteroatoms. The van der Waals surface area contributed by atoms with E-state index in [2.05, 4.69) is 0 Å². The average Bonchev–Trinajstić information content (AvgIpc) is 2.31. The van der Waals surface area contributed by atoms with E-state index in [4.69, 9.17) is 4.74 Å². The van der Waals surface area contributed by atoms with Gasteiger partial charge in [-0.3, -0.25) is 0 Å². The van der Waals surface area contributed by atoms with E-state index >= 15 is 0 Å². The Morgan fingerprint density at radius 3 is 2.38 bits per heavy atom. The van der Waals surface area contributed by atoms with Crippen LogP contribution < -0.4 is 4.74 Å². The molecule has 0 saturated heterocycles. The Morgan fingerprint density at radius 2 is 1.75 bits per heavy atom. The van der Waals surface area contributed by atoms with Gasteiger partial charge in [-0.05, 0) is 35.9 Å². The first-order chi connectivity index (χ1) is 7.70. The summed E-state index contributed by atoms with van der Waals surface area (Å²) in [6.07, 6.45) is 0. The van der Waals surface area contributed by atoms with Crippen LogP contribution >= 0.6 is 0 Å². The largest absolute Gasteiger partial charge is 0.507 e. The predicted octanol–water partition coefficient (Wildman–Crippen LogP) is 3.21. The summed E-state index contributed by atoms with van der Waals surface area (Å²) in [6.45, 7) is 0. The lowest BCUT2D eigenvalue weighted by Gasteiger charge is -2.07. The lowest BCUT2D eigenvalue weighted by molar-refractivity contribution is 0.412. The standard InChI is InChI=1S/C13H11FO2/c1-16-11-6-7-13(15)12(8-11)9-2-4-10(14)5-3-9/h2-8,15H,1H3. The van der Waals surface area contributed by atoms with Crippen molar-refractivity contribution in [3.05, 3.63) is 48.3 Å². The fourth-order valence-electron chi connectivity index (χ4n) is 1.50. The van der Waals surface area contributed by atoms with Crippen molar-refractivity contribution >= 4 is 0 Å². The van der Waals surface area contributed by atoms with Gasteiger partial charge in [-0.15, -0.1) is 0 Å². The minimum Gasteiger partial charge on any atom is -0.507 e. The molecule has 0 unspecified atom stereocenters. The molecule has 82 valence electrons. The Hall–Kier alpha value is -2.03. The molecule has 2 aromatic carbocycles. The van der Waals surface area contributed by atoms with Crippen LogP contribution in [0.2, 0.25) is 0 Å². The predicted molar refractivity (Wildman–Crippen MR) is 60.1 cm³/mol. The van der Waals surface area contributed by atoms with E-state index in [0.717, 1.165) is 5.56 Å². The molecule has 0 fully saturated rings. The molecule has 0 aliphatic heterocycles. The second-order valence-electron chi connectivity index (χ2n) is 3.39. The highest BCUT2D eigenvalue weighted by molar-refractivity contribution is 5.71. The van der Waals surface area contributed by atoms with Crippen molar-refractivity contribution in [1.29, 1.82) is 0 Å². The number of ether oxygens (including phenoxy) is 1. The van der Waals surface area contributed by atoms with Crippen LogP contribution in [0, 0.1) is 5.82 Å². The Morgan fingerprint density at radius 1 is 1.06 bits per heavy atom. The van der Waals surface area contributed by atoms with Crippen LogP contribution in [0.3, 0.4) is 0 Å². The molecule has 0 radical (unpaired) electrons. The minimum absolute atomic E-state index is 0.146. The number of aromatic hydroxyl groups is 1. The third-order valence-corrected chi connectivity index (χ3v) is 2.36. The first-order valence-electron chi connectivity index (χ1n) is 4.83. The van der Waals surface area contributed by atoms with Gasteiger partial charge >= 0.3 is 0 Å². The van der Waals surface area contributed by atoms with Gasteiger partial charge in [0.05, 0.1) is 7.11 Å². The second-order valence-corrected chi connectivity index (χ2v) is 3.39. The molecule has 0 spiro atoms. The topological polar surface area (TPSA) is 29.5 Å².